The topological polar surface area (TPSA) is 65.5 Å². The van der Waals surface area contributed by atoms with Crippen LogP contribution >= 0.6 is 0 Å². The summed E-state index contributed by atoms with van der Waals surface area (Å²) in [4.78, 5) is 17.7. The van der Waals surface area contributed by atoms with Gasteiger partial charge in [-0.25, -0.2) is 4.98 Å². The molecule has 2 N–H and O–H groups in total. The zero-order valence-electron chi connectivity index (χ0n) is 11.2. The molecule has 1 rings (SSSR count). The van der Waals surface area contributed by atoms with Crippen molar-refractivity contribution in [3.8, 4) is 0 Å². The fraction of sp³-hybridized carbons (Fsp3) is 0.538. The Balaban J connectivity index is 2.73. The average Bonchev–Trinajstić information content (AvgIpc) is 2.36. The van der Waals surface area contributed by atoms with Crippen molar-refractivity contribution in [2.75, 3.05) is 24.5 Å². The van der Waals surface area contributed by atoms with Crippen LogP contribution in [-0.4, -0.2) is 35.6 Å². The van der Waals surface area contributed by atoms with Crippen LogP contribution in [0, 0.1) is 0 Å². The highest BCUT2D eigenvalue weighted by atomic mass is 16.3. The Morgan fingerprint density at radius 3 is 2.67 bits per heavy atom. The van der Waals surface area contributed by atoms with Crippen molar-refractivity contribution in [3.05, 3.63) is 23.9 Å². The van der Waals surface area contributed by atoms with E-state index in [-0.39, 0.29) is 5.91 Å². The molecule has 5 nitrogen and oxygen atoms in total. The van der Waals surface area contributed by atoms with E-state index in [1.165, 1.54) is 0 Å². The van der Waals surface area contributed by atoms with Gasteiger partial charge in [0.05, 0.1) is 12.6 Å². The second-order valence-electron chi connectivity index (χ2n) is 4.09. The van der Waals surface area contributed by atoms with Gasteiger partial charge in [0.1, 0.15) is 5.82 Å². The van der Waals surface area contributed by atoms with Gasteiger partial charge in [-0.2, -0.15) is 0 Å². The summed E-state index contributed by atoms with van der Waals surface area (Å²) in [5.74, 6) is 0.730. The van der Waals surface area contributed by atoms with Gasteiger partial charge in [0.15, 0.2) is 0 Å². The van der Waals surface area contributed by atoms with Gasteiger partial charge in [-0.05, 0) is 32.4 Å². The lowest BCUT2D eigenvalue weighted by molar-refractivity contribution is -0.119. The summed E-state index contributed by atoms with van der Waals surface area (Å²) in [6, 6.07) is 3.65. The number of hydrogen-bond donors (Lipinski definition) is 2. The molecule has 0 radical (unpaired) electrons. The second-order valence-corrected chi connectivity index (χ2v) is 4.09. The number of nitrogens with one attached hydrogen (secondary N) is 1. The fourth-order valence-corrected chi connectivity index (χ4v) is 1.61. The lowest BCUT2D eigenvalue weighted by atomic mass is 10.2. The molecule has 0 aliphatic rings. The van der Waals surface area contributed by atoms with E-state index >= 15 is 0 Å². The van der Waals surface area contributed by atoms with Crippen molar-refractivity contribution >= 4 is 11.7 Å². The van der Waals surface area contributed by atoms with Crippen molar-refractivity contribution in [2.24, 2.45) is 0 Å². The molecule has 100 valence electrons. The summed E-state index contributed by atoms with van der Waals surface area (Å²) >= 11 is 0. The molecule has 0 saturated heterocycles. The van der Waals surface area contributed by atoms with E-state index in [1.807, 2.05) is 30.9 Å². The molecule has 0 aliphatic carbocycles. The third-order valence-corrected chi connectivity index (χ3v) is 2.67. The van der Waals surface area contributed by atoms with Gasteiger partial charge in [-0.3, -0.25) is 4.79 Å². The van der Waals surface area contributed by atoms with Gasteiger partial charge in [-0.1, -0.05) is 6.07 Å². The van der Waals surface area contributed by atoms with Crippen LogP contribution in [0.25, 0.3) is 0 Å². The lowest BCUT2D eigenvalue weighted by Crippen LogP contribution is -2.37. The van der Waals surface area contributed by atoms with Gasteiger partial charge in [0, 0.05) is 19.3 Å². The normalized spacial score (nSPS) is 12.0. The zero-order valence-corrected chi connectivity index (χ0v) is 11.2. The third kappa shape index (κ3) is 4.00. The first-order valence-electron chi connectivity index (χ1n) is 6.24. The van der Waals surface area contributed by atoms with Crippen molar-refractivity contribution in [1.29, 1.82) is 0 Å². The molecule has 1 unspecified atom stereocenters. The predicted octanol–water partition coefficient (Wildman–Crippen LogP) is 1.10. The van der Waals surface area contributed by atoms with E-state index < -0.39 is 6.10 Å². The molecule has 18 heavy (non-hydrogen) atoms. The SMILES string of the molecule is CCNC(=O)CN(CC)c1ccc(C(C)O)cn1. The lowest BCUT2D eigenvalue weighted by Gasteiger charge is -2.21. The first-order chi connectivity index (χ1) is 8.58. The summed E-state index contributed by atoms with van der Waals surface area (Å²) in [5.41, 5.74) is 0.771. The number of anilines is 1. The smallest absolute Gasteiger partial charge is 0.239 e. The highest BCUT2D eigenvalue weighted by molar-refractivity contribution is 5.80. The van der Waals surface area contributed by atoms with E-state index in [2.05, 4.69) is 10.3 Å². The standard InChI is InChI=1S/C13H21N3O2/c1-4-14-13(18)9-16(5-2)12-7-6-11(8-15-12)10(3)17/h6-8,10,17H,4-5,9H2,1-3H3,(H,14,18). The number of carbonyl (C=O) groups is 1. The minimum absolute atomic E-state index is 0.0132. The quantitative estimate of drug-likeness (QED) is 0.794. The van der Waals surface area contributed by atoms with Gasteiger partial charge in [-0.15, -0.1) is 0 Å². The Bertz CT molecular complexity index is 376. The summed E-state index contributed by atoms with van der Waals surface area (Å²) < 4.78 is 0. The molecule has 1 heterocycles. The van der Waals surface area contributed by atoms with Gasteiger partial charge >= 0.3 is 0 Å². The van der Waals surface area contributed by atoms with Crippen LogP contribution in [0.15, 0.2) is 18.3 Å². The number of rotatable bonds is 6. The Kier molecular flexibility index (Phi) is 5.58. The van der Waals surface area contributed by atoms with Crippen LogP contribution < -0.4 is 10.2 Å². The predicted molar refractivity (Wildman–Crippen MR) is 71.4 cm³/mol. The van der Waals surface area contributed by atoms with Crippen LogP contribution in [0.1, 0.15) is 32.4 Å². The molecule has 1 aromatic heterocycles. The molecular weight excluding hydrogens is 230 g/mol. The monoisotopic (exact) mass is 251 g/mol. The summed E-state index contributed by atoms with van der Waals surface area (Å²) in [5, 5.41) is 12.2. The molecule has 0 aromatic carbocycles. The van der Waals surface area contributed by atoms with E-state index in [0.29, 0.717) is 19.6 Å². The van der Waals surface area contributed by atoms with E-state index in [1.54, 1.807) is 13.1 Å². The molecular formula is C13H21N3O2. The minimum atomic E-state index is -0.523. The number of pyridine rings is 1. The van der Waals surface area contributed by atoms with Gasteiger partial charge in [0.25, 0.3) is 0 Å². The molecule has 0 bridgehead atoms. The number of aliphatic hydroxyl groups excluding tert-OH is 1. The summed E-state index contributed by atoms with van der Waals surface area (Å²) in [6.45, 7) is 7.20. The Labute approximate surface area is 108 Å². The zero-order chi connectivity index (χ0) is 13.5. The van der Waals surface area contributed by atoms with Crippen LogP contribution in [0.2, 0.25) is 0 Å². The van der Waals surface area contributed by atoms with Gasteiger partial charge in [0.2, 0.25) is 5.91 Å². The van der Waals surface area contributed by atoms with E-state index in [4.69, 9.17) is 0 Å². The first-order valence-corrected chi connectivity index (χ1v) is 6.24. The first kappa shape index (κ1) is 14.4. The summed E-state index contributed by atoms with van der Waals surface area (Å²) in [7, 11) is 0. The molecule has 1 aromatic rings. The molecule has 0 spiro atoms. The van der Waals surface area contributed by atoms with Crippen LogP contribution in [0.3, 0.4) is 0 Å². The largest absolute Gasteiger partial charge is 0.389 e. The Morgan fingerprint density at radius 2 is 2.22 bits per heavy atom. The number of aliphatic hydroxyl groups is 1. The Morgan fingerprint density at radius 1 is 1.50 bits per heavy atom. The maximum atomic E-state index is 11.5. The molecule has 5 heteroatoms. The highest BCUT2D eigenvalue weighted by Gasteiger charge is 2.11. The molecule has 1 amide bonds. The second kappa shape index (κ2) is 6.96. The van der Waals surface area contributed by atoms with E-state index in [0.717, 1.165) is 11.4 Å². The molecule has 1 atom stereocenters. The van der Waals surface area contributed by atoms with Crippen LogP contribution in [-0.2, 0) is 4.79 Å². The number of nitrogens with zero attached hydrogens (tertiary/aromatic N) is 2. The molecule has 0 fully saturated rings. The Hall–Kier alpha value is -1.62. The molecule has 0 saturated carbocycles. The average molecular weight is 251 g/mol. The fourth-order valence-electron chi connectivity index (χ4n) is 1.61. The van der Waals surface area contributed by atoms with E-state index in [9.17, 15) is 9.90 Å². The van der Waals surface area contributed by atoms with Crippen molar-refractivity contribution < 1.29 is 9.90 Å². The van der Waals surface area contributed by atoms with Crippen molar-refractivity contribution in [2.45, 2.75) is 26.9 Å². The number of carbonyl (C=O) groups excluding carboxylic acids is 1. The maximum absolute atomic E-state index is 11.5. The third-order valence-electron chi connectivity index (χ3n) is 2.67. The van der Waals surface area contributed by atoms with Crippen molar-refractivity contribution in [3.63, 3.8) is 0 Å². The van der Waals surface area contributed by atoms with Crippen LogP contribution in [0.4, 0.5) is 5.82 Å². The summed E-state index contributed by atoms with van der Waals surface area (Å²) in [6.07, 6.45) is 1.12. The van der Waals surface area contributed by atoms with Gasteiger partial charge < -0.3 is 15.3 Å². The molecule has 0 aliphatic heterocycles. The number of hydrogen-bond acceptors (Lipinski definition) is 4. The van der Waals surface area contributed by atoms with Crippen LogP contribution in [0.5, 0.6) is 0 Å². The maximum Gasteiger partial charge on any atom is 0.239 e. The number of likely N-dealkylation sites (N-methyl/N-ethyl adjacent to an activating group) is 2. The number of aromatic nitrogens is 1. The highest BCUT2D eigenvalue weighted by Crippen LogP contribution is 2.15. The minimum Gasteiger partial charge on any atom is -0.389 e. The number of amides is 1. The van der Waals surface area contributed by atoms with Crippen molar-refractivity contribution in [1.82, 2.24) is 10.3 Å².